The maximum Gasteiger partial charge on any atom is 0.217 e. The van der Waals surface area contributed by atoms with E-state index in [1.54, 1.807) is 0 Å². The number of halogens is 2. The maximum absolute atomic E-state index is 10.6. The molecule has 5 heteroatoms. The fourth-order valence-corrected chi connectivity index (χ4v) is 3.10. The molecule has 0 aliphatic heterocycles. The van der Waals surface area contributed by atoms with Crippen molar-refractivity contribution in [1.29, 1.82) is 0 Å². The number of benzene rings is 1. The third-order valence-electron chi connectivity index (χ3n) is 2.73. The smallest absolute Gasteiger partial charge is 0.217 e. The zero-order valence-electron chi connectivity index (χ0n) is 10.4. The normalized spacial score (nSPS) is 12.4. The van der Waals surface area contributed by atoms with Crippen LogP contribution in [0.3, 0.4) is 0 Å². The number of nitrogens with two attached hydrogens (primary N) is 1. The van der Waals surface area contributed by atoms with Gasteiger partial charge in [-0.05, 0) is 44.0 Å². The van der Waals surface area contributed by atoms with Crippen molar-refractivity contribution in [2.24, 2.45) is 5.73 Å². The number of rotatable bonds is 7. The van der Waals surface area contributed by atoms with Gasteiger partial charge in [-0.25, -0.2) is 0 Å². The van der Waals surface area contributed by atoms with Crippen LogP contribution in [0.5, 0.6) is 0 Å². The number of nitrogens with one attached hydrogen (secondary N) is 1. The molecule has 0 fully saturated rings. The summed E-state index contributed by atoms with van der Waals surface area (Å²) in [5.74, 6) is -0.223. The molecule has 0 bridgehead atoms. The second-order valence-electron chi connectivity index (χ2n) is 4.27. The highest BCUT2D eigenvalue weighted by molar-refractivity contribution is 9.11. The van der Waals surface area contributed by atoms with Gasteiger partial charge in [0.05, 0.1) is 0 Å². The molecule has 0 aromatic heterocycles. The monoisotopic (exact) mass is 376 g/mol. The molecule has 1 unspecified atom stereocenters. The predicted molar refractivity (Wildman–Crippen MR) is 81.3 cm³/mol. The summed E-state index contributed by atoms with van der Waals surface area (Å²) in [6.07, 6.45) is 2.27. The van der Waals surface area contributed by atoms with Crippen LogP contribution >= 0.6 is 31.9 Å². The molecule has 0 saturated heterocycles. The van der Waals surface area contributed by atoms with Crippen molar-refractivity contribution in [1.82, 2.24) is 5.32 Å². The summed E-state index contributed by atoms with van der Waals surface area (Å²) in [6.45, 7) is 3.01. The number of carbonyl (C=O) groups is 1. The van der Waals surface area contributed by atoms with Crippen molar-refractivity contribution >= 4 is 37.8 Å². The van der Waals surface area contributed by atoms with Gasteiger partial charge in [0.2, 0.25) is 5.91 Å². The van der Waals surface area contributed by atoms with E-state index >= 15 is 0 Å². The number of primary amides is 1. The summed E-state index contributed by atoms with van der Waals surface area (Å²) >= 11 is 7.00. The lowest BCUT2D eigenvalue weighted by Crippen LogP contribution is -2.20. The Bertz CT molecular complexity index is 410. The Morgan fingerprint density at radius 3 is 2.72 bits per heavy atom. The molecular weight excluding hydrogens is 360 g/mol. The maximum atomic E-state index is 10.6. The first-order chi connectivity index (χ1) is 8.50. The molecule has 0 spiro atoms. The molecule has 1 aromatic carbocycles. The van der Waals surface area contributed by atoms with Crippen LogP contribution in [0, 0.1) is 0 Å². The van der Waals surface area contributed by atoms with E-state index in [0.717, 1.165) is 28.3 Å². The van der Waals surface area contributed by atoms with Gasteiger partial charge in [-0.15, -0.1) is 0 Å². The molecule has 1 aromatic rings. The van der Waals surface area contributed by atoms with Crippen molar-refractivity contribution in [3.8, 4) is 0 Å². The van der Waals surface area contributed by atoms with E-state index in [9.17, 15) is 4.79 Å². The average Bonchev–Trinajstić information content (AvgIpc) is 2.27. The van der Waals surface area contributed by atoms with E-state index < -0.39 is 0 Å². The quantitative estimate of drug-likeness (QED) is 0.714. The van der Waals surface area contributed by atoms with E-state index in [4.69, 9.17) is 5.73 Å². The number of hydrogen-bond donors (Lipinski definition) is 2. The van der Waals surface area contributed by atoms with Crippen LogP contribution < -0.4 is 11.1 Å². The molecule has 1 rings (SSSR count). The Kier molecular flexibility index (Phi) is 6.89. The van der Waals surface area contributed by atoms with E-state index in [1.807, 2.05) is 12.1 Å². The van der Waals surface area contributed by atoms with E-state index in [-0.39, 0.29) is 11.9 Å². The minimum Gasteiger partial charge on any atom is -0.370 e. The molecule has 0 heterocycles. The molecule has 0 aliphatic carbocycles. The van der Waals surface area contributed by atoms with Crippen LogP contribution in [0.1, 0.15) is 37.8 Å². The second-order valence-corrected chi connectivity index (χ2v) is 6.04. The zero-order chi connectivity index (χ0) is 13.5. The van der Waals surface area contributed by atoms with Gasteiger partial charge in [-0.2, -0.15) is 0 Å². The first-order valence-corrected chi connectivity index (χ1v) is 7.56. The summed E-state index contributed by atoms with van der Waals surface area (Å²) in [7, 11) is 0. The minimum absolute atomic E-state index is 0.223. The molecule has 0 saturated carbocycles. The zero-order valence-corrected chi connectivity index (χ0v) is 13.6. The summed E-state index contributed by atoms with van der Waals surface area (Å²) in [4.78, 5) is 10.6. The van der Waals surface area contributed by atoms with E-state index in [2.05, 4.69) is 50.2 Å². The Hall–Kier alpha value is -0.390. The average molecular weight is 378 g/mol. The number of hydrogen-bond acceptors (Lipinski definition) is 2. The van der Waals surface area contributed by atoms with Crippen molar-refractivity contribution < 1.29 is 4.79 Å². The van der Waals surface area contributed by atoms with Gasteiger partial charge < -0.3 is 11.1 Å². The molecule has 100 valence electrons. The second kappa shape index (κ2) is 7.92. The highest BCUT2D eigenvalue weighted by atomic mass is 79.9. The van der Waals surface area contributed by atoms with Gasteiger partial charge in [0.1, 0.15) is 0 Å². The van der Waals surface area contributed by atoms with Gasteiger partial charge in [-0.1, -0.05) is 37.9 Å². The van der Waals surface area contributed by atoms with Crippen molar-refractivity contribution in [3.05, 3.63) is 32.7 Å². The lowest BCUT2D eigenvalue weighted by molar-refractivity contribution is -0.118. The largest absolute Gasteiger partial charge is 0.370 e. The van der Waals surface area contributed by atoms with Gasteiger partial charge in [0.15, 0.2) is 0 Å². The van der Waals surface area contributed by atoms with Crippen LogP contribution in [-0.2, 0) is 4.79 Å². The number of amides is 1. The summed E-state index contributed by atoms with van der Waals surface area (Å²) in [5.41, 5.74) is 6.32. The Balaban J connectivity index is 2.36. The summed E-state index contributed by atoms with van der Waals surface area (Å²) in [6, 6.07) is 6.45. The minimum atomic E-state index is -0.223. The molecule has 3 nitrogen and oxygen atoms in total. The van der Waals surface area contributed by atoms with Crippen LogP contribution in [0.15, 0.2) is 27.1 Å². The lowest BCUT2D eigenvalue weighted by atomic mass is 10.1. The van der Waals surface area contributed by atoms with E-state index in [1.165, 1.54) is 5.56 Å². The third kappa shape index (κ3) is 5.50. The standard InChI is InChI=1S/C13H18Br2N2O/c1-9(17-7-3-2-4-13(16)18)11-6-5-10(14)8-12(11)15/h5-6,8-9,17H,2-4,7H2,1H3,(H2,16,18). The first-order valence-electron chi connectivity index (χ1n) is 5.97. The highest BCUT2D eigenvalue weighted by Crippen LogP contribution is 2.26. The summed E-state index contributed by atoms with van der Waals surface area (Å²) in [5, 5.41) is 3.44. The molecule has 0 radical (unpaired) electrons. The van der Waals surface area contributed by atoms with Gasteiger partial charge in [-0.3, -0.25) is 4.79 Å². The van der Waals surface area contributed by atoms with Crippen molar-refractivity contribution in [2.75, 3.05) is 6.54 Å². The van der Waals surface area contributed by atoms with E-state index in [0.29, 0.717) is 6.42 Å². The number of unbranched alkanes of at least 4 members (excludes halogenated alkanes) is 1. The fourth-order valence-electron chi connectivity index (χ4n) is 1.71. The van der Waals surface area contributed by atoms with Crippen LogP contribution in [0.25, 0.3) is 0 Å². The summed E-state index contributed by atoms with van der Waals surface area (Å²) < 4.78 is 2.15. The molecule has 18 heavy (non-hydrogen) atoms. The van der Waals surface area contributed by atoms with Crippen LogP contribution in [0.2, 0.25) is 0 Å². The van der Waals surface area contributed by atoms with Crippen LogP contribution in [-0.4, -0.2) is 12.5 Å². The molecule has 1 amide bonds. The van der Waals surface area contributed by atoms with Gasteiger partial charge in [0.25, 0.3) is 0 Å². The predicted octanol–water partition coefficient (Wildman–Crippen LogP) is 3.52. The number of carbonyl (C=O) groups excluding carboxylic acids is 1. The van der Waals surface area contributed by atoms with Gasteiger partial charge in [0, 0.05) is 21.4 Å². The SMILES string of the molecule is CC(NCCCCC(N)=O)c1ccc(Br)cc1Br. The Labute approximate surface area is 125 Å². The van der Waals surface area contributed by atoms with Gasteiger partial charge >= 0.3 is 0 Å². The highest BCUT2D eigenvalue weighted by Gasteiger charge is 2.08. The van der Waals surface area contributed by atoms with Crippen LogP contribution in [0.4, 0.5) is 0 Å². The Morgan fingerprint density at radius 2 is 2.11 bits per heavy atom. The van der Waals surface area contributed by atoms with Crippen molar-refractivity contribution in [2.45, 2.75) is 32.2 Å². The Morgan fingerprint density at radius 1 is 1.39 bits per heavy atom. The van der Waals surface area contributed by atoms with Crippen molar-refractivity contribution in [3.63, 3.8) is 0 Å². The molecule has 0 aliphatic rings. The first kappa shape index (κ1) is 15.7. The molecule has 3 N–H and O–H groups in total. The topological polar surface area (TPSA) is 55.1 Å². The molecular formula is C13H18Br2N2O. The fraction of sp³-hybridized carbons (Fsp3) is 0.462. The third-order valence-corrected chi connectivity index (χ3v) is 3.91. The lowest BCUT2D eigenvalue weighted by Gasteiger charge is -2.16. The molecule has 1 atom stereocenters.